The van der Waals surface area contributed by atoms with Gasteiger partial charge in [0.15, 0.2) is 0 Å². The number of hydrogen-bond acceptors (Lipinski definition) is 5. The molecular weight excluding hydrogens is 417 g/mol. The van der Waals surface area contributed by atoms with Crippen LogP contribution in [0.25, 0.3) is 0 Å². The van der Waals surface area contributed by atoms with Crippen LogP contribution in [0.15, 0.2) is 24.3 Å². The number of amides is 2. The Labute approximate surface area is 197 Å². The van der Waals surface area contributed by atoms with Gasteiger partial charge in [-0.2, -0.15) is 0 Å². The molecule has 178 valence electrons. The zero-order chi connectivity index (χ0) is 23.5. The molecule has 2 amide bonds. The molecule has 33 heavy (non-hydrogen) atoms. The van der Waals surface area contributed by atoms with Crippen molar-refractivity contribution in [3.63, 3.8) is 0 Å². The molecule has 7 nitrogen and oxygen atoms in total. The molecule has 0 radical (unpaired) electrons. The highest BCUT2D eigenvalue weighted by molar-refractivity contribution is 6.48. The van der Waals surface area contributed by atoms with Crippen LogP contribution in [0.4, 0.5) is 5.69 Å². The number of nitrogens with one attached hydrogen (secondary N) is 2. The second kappa shape index (κ2) is 8.02. The predicted molar refractivity (Wildman–Crippen MR) is 128 cm³/mol. The van der Waals surface area contributed by atoms with Gasteiger partial charge in [-0.15, -0.1) is 0 Å². The number of carbonyl (C=O) groups is 2. The van der Waals surface area contributed by atoms with E-state index in [4.69, 9.17) is 9.31 Å². The van der Waals surface area contributed by atoms with E-state index >= 15 is 0 Å². The summed E-state index contributed by atoms with van der Waals surface area (Å²) in [6.07, 6.45) is 4.14. The molecule has 2 bridgehead atoms. The lowest BCUT2D eigenvalue weighted by Crippen LogP contribution is -2.65. The fourth-order valence-corrected chi connectivity index (χ4v) is 6.79. The standard InChI is InChI=1S/C25H36BN3O4/c1-15(28-22(30)16-8-10-18(27-5)11-9-16)23(31)29-12-6-7-21(29)26-32-20-14-17-13-19(24(17,2)3)25(20,4)33-26/h8-11,15,17,19-21,27H,6-7,12-14H2,1-5H3,(H,28,30)/t15-,17+,19+,20?,21+,25+/m1/s1. The Hall–Kier alpha value is -2.06. The first-order valence-electron chi connectivity index (χ1n) is 12.4. The minimum atomic E-state index is -0.618. The first-order valence-corrected chi connectivity index (χ1v) is 12.4. The molecule has 1 aromatic rings. The molecule has 2 heterocycles. The normalized spacial score (nSPS) is 34.9. The predicted octanol–water partition coefficient (Wildman–Crippen LogP) is 3.11. The van der Waals surface area contributed by atoms with E-state index in [9.17, 15) is 9.59 Å². The van der Waals surface area contributed by atoms with E-state index in [1.54, 1.807) is 19.1 Å². The number of carbonyl (C=O) groups excluding carboxylic acids is 2. The molecule has 6 rings (SSSR count). The van der Waals surface area contributed by atoms with Crippen molar-refractivity contribution in [1.29, 1.82) is 0 Å². The summed E-state index contributed by atoms with van der Waals surface area (Å²) >= 11 is 0. The molecule has 1 unspecified atom stereocenters. The third-order valence-electron chi connectivity index (χ3n) is 9.02. The minimum Gasteiger partial charge on any atom is -0.404 e. The summed E-state index contributed by atoms with van der Waals surface area (Å²) in [5.41, 5.74) is 1.48. The van der Waals surface area contributed by atoms with Crippen molar-refractivity contribution >= 4 is 24.6 Å². The number of likely N-dealkylation sites (tertiary alicyclic amines) is 1. The van der Waals surface area contributed by atoms with Gasteiger partial charge in [-0.05, 0) is 81.0 Å². The van der Waals surface area contributed by atoms with E-state index in [0.29, 0.717) is 29.4 Å². The molecule has 8 heteroatoms. The van der Waals surface area contributed by atoms with E-state index in [1.165, 1.54) is 6.42 Å². The highest BCUT2D eigenvalue weighted by Crippen LogP contribution is 2.65. The fraction of sp³-hybridized carbons (Fsp3) is 0.680. The molecule has 3 aliphatic carbocycles. The topological polar surface area (TPSA) is 79.9 Å². The van der Waals surface area contributed by atoms with Gasteiger partial charge in [0.2, 0.25) is 5.91 Å². The summed E-state index contributed by atoms with van der Waals surface area (Å²) in [6, 6.07) is 6.59. The third kappa shape index (κ3) is 3.57. The van der Waals surface area contributed by atoms with Gasteiger partial charge >= 0.3 is 7.12 Å². The molecule has 0 spiro atoms. The van der Waals surface area contributed by atoms with Gasteiger partial charge in [-0.25, -0.2) is 0 Å². The lowest BCUT2D eigenvalue weighted by molar-refractivity contribution is -0.199. The van der Waals surface area contributed by atoms with Crippen molar-refractivity contribution in [3.05, 3.63) is 29.8 Å². The molecule has 3 saturated carbocycles. The quantitative estimate of drug-likeness (QED) is 0.670. The van der Waals surface area contributed by atoms with E-state index in [-0.39, 0.29) is 29.5 Å². The van der Waals surface area contributed by atoms with Crippen LogP contribution in [0.5, 0.6) is 0 Å². The highest BCUT2D eigenvalue weighted by atomic mass is 16.7. The van der Waals surface area contributed by atoms with E-state index < -0.39 is 13.2 Å². The molecule has 5 aliphatic rings. The summed E-state index contributed by atoms with van der Waals surface area (Å²) in [6.45, 7) is 9.34. The monoisotopic (exact) mass is 453 g/mol. The maximum Gasteiger partial charge on any atom is 0.481 e. The van der Waals surface area contributed by atoms with Crippen LogP contribution in [0.2, 0.25) is 0 Å². The largest absolute Gasteiger partial charge is 0.481 e. The Morgan fingerprint density at radius 1 is 1.18 bits per heavy atom. The molecule has 2 aliphatic heterocycles. The molecule has 1 aromatic carbocycles. The molecule has 2 saturated heterocycles. The van der Waals surface area contributed by atoms with E-state index in [0.717, 1.165) is 24.9 Å². The van der Waals surface area contributed by atoms with Gasteiger partial charge in [-0.3, -0.25) is 9.59 Å². The summed E-state index contributed by atoms with van der Waals surface area (Å²) < 4.78 is 13.1. The van der Waals surface area contributed by atoms with Gasteiger partial charge < -0.3 is 24.8 Å². The third-order valence-corrected chi connectivity index (χ3v) is 9.02. The Kier molecular flexibility index (Phi) is 5.52. The summed E-state index contributed by atoms with van der Waals surface area (Å²) in [5, 5.41) is 5.91. The minimum absolute atomic E-state index is 0.0745. The second-order valence-corrected chi connectivity index (χ2v) is 11.1. The van der Waals surface area contributed by atoms with Crippen LogP contribution < -0.4 is 10.6 Å². The van der Waals surface area contributed by atoms with Gasteiger partial charge in [0, 0.05) is 24.8 Å². The van der Waals surface area contributed by atoms with Crippen molar-refractivity contribution in [2.75, 3.05) is 18.9 Å². The zero-order valence-electron chi connectivity index (χ0n) is 20.4. The number of hydrogen-bond donors (Lipinski definition) is 2. The van der Waals surface area contributed by atoms with Crippen LogP contribution in [-0.2, 0) is 14.1 Å². The van der Waals surface area contributed by atoms with Gasteiger partial charge in [0.25, 0.3) is 5.91 Å². The highest BCUT2D eigenvalue weighted by Gasteiger charge is 2.69. The summed E-state index contributed by atoms with van der Waals surface area (Å²) in [7, 11) is 1.44. The number of nitrogens with zero attached hydrogens (tertiary/aromatic N) is 1. The van der Waals surface area contributed by atoms with Gasteiger partial charge in [-0.1, -0.05) is 13.8 Å². The second-order valence-electron chi connectivity index (χ2n) is 11.1. The van der Waals surface area contributed by atoms with Crippen molar-refractivity contribution in [2.45, 2.75) is 77.1 Å². The fourth-order valence-electron chi connectivity index (χ4n) is 6.79. The first kappa shape index (κ1) is 22.7. The summed E-state index contributed by atoms with van der Waals surface area (Å²) in [4.78, 5) is 27.9. The van der Waals surface area contributed by atoms with Gasteiger partial charge in [0.05, 0.1) is 17.6 Å². The lowest BCUT2D eigenvalue weighted by atomic mass is 9.43. The van der Waals surface area contributed by atoms with Crippen molar-refractivity contribution in [1.82, 2.24) is 10.2 Å². The summed E-state index contributed by atoms with van der Waals surface area (Å²) in [5.74, 6) is 0.769. The Morgan fingerprint density at radius 2 is 1.91 bits per heavy atom. The molecular formula is C25H36BN3O4. The SMILES string of the molecule is CNc1ccc(C(=O)N[C@H](C)C(=O)N2CCC[C@H]2B2OC3C[C@@H]4C[C@@H](C4(C)C)[C@]3(C)O2)cc1. The Morgan fingerprint density at radius 3 is 2.58 bits per heavy atom. The first-order chi connectivity index (χ1) is 15.6. The molecule has 5 fully saturated rings. The van der Waals surface area contributed by atoms with Crippen molar-refractivity contribution in [3.8, 4) is 0 Å². The van der Waals surface area contributed by atoms with Crippen LogP contribution in [-0.4, -0.2) is 61.1 Å². The lowest BCUT2D eigenvalue weighted by Gasteiger charge is -2.64. The van der Waals surface area contributed by atoms with Crippen molar-refractivity contribution < 1.29 is 18.9 Å². The van der Waals surface area contributed by atoms with E-state index in [2.05, 4.69) is 31.4 Å². The number of benzene rings is 1. The van der Waals surface area contributed by atoms with Crippen molar-refractivity contribution in [2.24, 2.45) is 17.3 Å². The maximum atomic E-state index is 13.3. The zero-order valence-corrected chi connectivity index (χ0v) is 20.4. The average Bonchev–Trinajstić information content (AvgIpc) is 3.42. The Bertz CT molecular complexity index is 938. The molecule has 2 N–H and O–H groups in total. The molecule has 6 atom stereocenters. The van der Waals surface area contributed by atoms with Crippen LogP contribution >= 0.6 is 0 Å². The smallest absolute Gasteiger partial charge is 0.404 e. The van der Waals surface area contributed by atoms with Crippen LogP contribution in [0, 0.1) is 17.3 Å². The number of rotatable bonds is 5. The van der Waals surface area contributed by atoms with Crippen LogP contribution in [0.3, 0.4) is 0 Å². The maximum absolute atomic E-state index is 13.3. The number of anilines is 1. The average molecular weight is 453 g/mol. The van der Waals surface area contributed by atoms with Gasteiger partial charge in [0.1, 0.15) is 6.04 Å². The molecule has 0 aromatic heterocycles. The van der Waals surface area contributed by atoms with E-state index in [1.807, 2.05) is 24.1 Å². The van der Waals surface area contributed by atoms with Crippen LogP contribution in [0.1, 0.15) is 63.7 Å². The Balaban J connectivity index is 1.24.